The molecule has 0 saturated carbocycles. The topological polar surface area (TPSA) is 52.7 Å². The van der Waals surface area contributed by atoms with Crippen molar-refractivity contribution in [2.45, 2.75) is 6.92 Å². The number of carbonyl (C=O) groups is 2. The molecule has 18 heavy (non-hydrogen) atoms. The molecular formula is C13H17N3O2. The van der Waals surface area contributed by atoms with Crippen molar-refractivity contribution in [1.82, 2.24) is 4.90 Å². The third kappa shape index (κ3) is 2.30. The van der Waals surface area contributed by atoms with E-state index in [1.807, 2.05) is 31.2 Å². The molecule has 1 aliphatic heterocycles. The van der Waals surface area contributed by atoms with Crippen LogP contribution in [0.2, 0.25) is 0 Å². The van der Waals surface area contributed by atoms with E-state index in [0.29, 0.717) is 6.54 Å². The van der Waals surface area contributed by atoms with Crippen molar-refractivity contribution in [2.24, 2.45) is 0 Å². The van der Waals surface area contributed by atoms with Gasteiger partial charge < -0.3 is 10.2 Å². The van der Waals surface area contributed by atoms with Gasteiger partial charge in [0.05, 0.1) is 17.9 Å². The summed E-state index contributed by atoms with van der Waals surface area (Å²) in [5.74, 6) is -0.130. The number of hydrogen-bond donors (Lipinski definition) is 1. The quantitative estimate of drug-likeness (QED) is 0.864. The van der Waals surface area contributed by atoms with E-state index < -0.39 is 0 Å². The molecule has 0 fully saturated rings. The molecule has 2 rings (SSSR count). The van der Waals surface area contributed by atoms with Crippen molar-refractivity contribution in [3.05, 3.63) is 24.3 Å². The summed E-state index contributed by atoms with van der Waals surface area (Å²) >= 11 is 0. The van der Waals surface area contributed by atoms with Gasteiger partial charge in [0.1, 0.15) is 6.54 Å². The summed E-state index contributed by atoms with van der Waals surface area (Å²) in [6, 6.07) is 7.52. The van der Waals surface area contributed by atoms with Crippen LogP contribution < -0.4 is 10.2 Å². The number of hydrogen-bond acceptors (Lipinski definition) is 3. The Hall–Kier alpha value is -2.04. The van der Waals surface area contributed by atoms with E-state index in [4.69, 9.17) is 0 Å². The van der Waals surface area contributed by atoms with E-state index in [1.165, 1.54) is 0 Å². The van der Waals surface area contributed by atoms with Gasteiger partial charge in [-0.25, -0.2) is 0 Å². The summed E-state index contributed by atoms with van der Waals surface area (Å²) in [5, 5.41) is 3.04. The molecule has 0 radical (unpaired) electrons. The highest BCUT2D eigenvalue weighted by atomic mass is 16.2. The van der Waals surface area contributed by atoms with Crippen molar-refractivity contribution in [1.29, 1.82) is 0 Å². The Kier molecular flexibility index (Phi) is 3.50. The molecule has 96 valence electrons. The summed E-state index contributed by atoms with van der Waals surface area (Å²) in [5.41, 5.74) is 1.66. The van der Waals surface area contributed by atoms with E-state index >= 15 is 0 Å². The molecule has 1 heterocycles. The Morgan fingerprint density at radius 2 is 2.17 bits per heavy atom. The predicted molar refractivity (Wildman–Crippen MR) is 70.6 cm³/mol. The van der Waals surface area contributed by atoms with Gasteiger partial charge in [-0.1, -0.05) is 12.1 Å². The van der Waals surface area contributed by atoms with Crippen LogP contribution in [0.25, 0.3) is 0 Å². The van der Waals surface area contributed by atoms with Gasteiger partial charge >= 0.3 is 0 Å². The zero-order valence-corrected chi connectivity index (χ0v) is 10.6. The zero-order valence-electron chi connectivity index (χ0n) is 10.6. The van der Waals surface area contributed by atoms with Gasteiger partial charge in [-0.3, -0.25) is 14.5 Å². The van der Waals surface area contributed by atoms with Crippen LogP contribution in [-0.4, -0.2) is 43.4 Å². The monoisotopic (exact) mass is 247 g/mol. The minimum atomic E-state index is -0.0773. The van der Waals surface area contributed by atoms with Gasteiger partial charge in [0.25, 0.3) is 0 Å². The summed E-state index contributed by atoms with van der Waals surface area (Å²) in [7, 11) is 1.74. The zero-order chi connectivity index (χ0) is 13.1. The third-order valence-electron chi connectivity index (χ3n) is 3.12. The molecule has 0 unspecified atom stereocenters. The number of amides is 2. The van der Waals surface area contributed by atoms with Gasteiger partial charge in [-0.05, 0) is 19.1 Å². The molecule has 0 bridgehead atoms. The van der Waals surface area contributed by atoms with Crippen LogP contribution in [0, 0.1) is 0 Å². The number of benzene rings is 1. The van der Waals surface area contributed by atoms with E-state index in [1.54, 1.807) is 16.8 Å². The number of anilines is 2. The molecule has 0 aliphatic carbocycles. The molecule has 5 nitrogen and oxygen atoms in total. The first kappa shape index (κ1) is 12.4. The fraction of sp³-hybridized carbons (Fsp3) is 0.385. The van der Waals surface area contributed by atoms with Crippen LogP contribution in [0.1, 0.15) is 6.92 Å². The lowest BCUT2D eigenvalue weighted by molar-refractivity contribution is -0.129. The average molecular weight is 247 g/mol. The Labute approximate surface area is 106 Å². The van der Waals surface area contributed by atoms with Crippen LogP contribution in [0.4, 0.5) is 11.4 Å². The fourth-order valence-corrected chi connectivity index (χ4v) is 1.86. The van der Waals surface area contributed by atoms with Crippen molar-refractivity contribution >= 4 is 23.2 Å². The summed E-state index contributed by atoms with van der Waals surface area (Å²) in [6.07, 6.45) is 0. The van der Waals surface area contributed by atoms with Crippen LogP contribution in [0.15, 0.2) is 24.3 Å². The van der Waals surface area contributed by atoms with Crippen LogP contribution >= 0.6 is 0 Å². The Balaban J connectivity index is 2.22. The summed E-state index contributed by atoms with van der Waals surface area (Å²) < 4.78 is 0. The number of para-hydroxylation sites is 2. The van der Waals surface area contributed by atoms with Crippen LogP contribution in [-0.2, 0) is 9.59 Å². The molecule has 1 aliphatic rings. The smallest absolute Gasteiger partial charge is 0.246 e. The maximum absolute atomic E-state index is 11.9. The highest BCUT2D eigenvalue weighted by Crippen LogP contribution is 2.28. The molecule has 1 aromatic carbocycles. The molecule has 2 amide bonds. The Morgan fingerprint density at radius 3 is 2.89 bits per heavy atom. The normalized spacial score (nSPS) is 13.9. The molecule has 0 aromatic heterocycles. The van der Waals surface area contributed by atoms with E-state index in [0.717, 1.165) is 11.4 Å². The third-order valence-corrected chi connectivity index (χ3v) is 3.12. The molecule has 0 saturated heterocycles. The second kappa shape index (κ2) is 5.08. The maximum Gasteiger partial charge on any atom is 0.246 e. The minimum absolute atomic E-state index is 0.0532. The molecule has 0 atom stereocenters. The van der Waals surface area contributed by atoms with Gasteiger partial charge in [0.2, 0.25) is 11.8 Å². The number of carbonyl (C=O) groups excluding carboxylic acids is 2. The van der Waals surface area contributed by atoms with Crippen LogP contribution in [0.5, 0.6) is 0 Å². The fourth-order valence-electron chi connectivity index (χ4n) is 1.86. The second-order valence-corrected chi connectivity index (χ2v) is 4.26. The first-order valence-electron chi connectivity index (χ1n) is 6.00. The Morgan fingerprint density at radius 1 is 1.44 bits per heavy atom. The first-order chi connectivity index (χ1) is 8.63. The van der Waals surface area contributed by atoms with Crippen molar-refractivity contribution in [2.75, 3.05) is 36.9 Å². The molecule has 5 heteroatoms. The number of rotatable bonds is 3. The van der Waals surface area contributed by atoms with E-state index in [2.05, 4.69) is 5.32 Å². The van der Waals surface area contributed by atoms with E-state index in [-0.39, 0.29) is 24.9 Å². The van der Waals surface area contributed by atoms with Gasteiger partial charge in [-0.2, -0.15) is 0 Å². The second-order valence-electron chi connectivity index (χ2n) is 4.26. The summed E-state index contributed by atoms with van der Waals surface area (Å²) in [6.45, 7) is 2.88. The van der Waals surface area contributed by atoms with Crippen molar-refractivity contribution in [3.8, 4) is 0 Å². The van der Waals surface area contributed by atoms with Crippen molar-refractivity contribution in [3.63, 3.8) is 0 Å². The minimum Gasteiger partial charge on any atom is -0.374 e. The lowest BCUT2D eigenvalue weighted by Crippen LogP contribution is -2.46. The van der Waals surface area contributed by atoms with Gasteiger partial charge in [0.15, 0.2) is 0 Å². The number of likely N-dealkylation sites (N-methyl/N-ethyl adjacent to an activating group) is 1. The van der Waals surface area contributed by atoms with Crippen LogP contribution in [0.3, 0.4) is 0 Å². The molecule has 1 N–H and O–H groups in total. The number of fused-ring (bicyclic) bond motifs is 1. The standard InChI is InChI=1S/C13H17N3O2/c1-3-15(2)13(18)9-16-11-7-5-4-6-10(11)14-8-12(16)17/h4-7,14H,3,8-9H2,1-2H3. The first-order valence-corrected chi connectivity index (χ1v) is 6.00. The highest BCUT2D eigenvalue weighted by Gasteiger charge is 2.26. The maximum atomic E-state index is 11.9. The Bertz CT molecular complexity index is 473. The number of nitrogens with one attached hydrogen (secondary N) is 1. The molecular weight excluding hydrogens is 230 g/mol. The number of nitrogens with zero attached hydrogens (tertiary/aromatic N) is 2. The van der Waals surface area contributed by atoms with Gasteiger partial charge in [-0.15, -0.1) is 0 Å². The van der Waals surface area contributed by atoms with Gasteiger partial charge in [0, 0.05) is 13.6 Å². The lowest BCUT2D eigenvalue weighted by Gasteiger charge is -2.30. The predicted octanol–water partition coefficient (Wildman–Crippen LogP) is 0.923. The van der Waals surface area contributed by atoms with Crippen molar-refractivity contribution < 1.29 is 9.59 Å². The molecule has 1 aromatic rings. The lowest BCUT2D eigenvalue weighted by atomic mass is 10.2. The summed E-state index contributed by atoms with van der Waals surface area (Å²) in [4.78, 5) is 27.0. The van der Waals surface area contributed by atoms with E-state index in [9.17, 15) is 9.59 Å². The SMILES string of the molecule is CCN(C)C(=O)CN1C(=O)CNc2ccccc21. The highest BCUT2D eigenvalue weighted by molar-refractivity contribution is 6.05. The largest absolute Gasteiger partial charge is 0.374 e. The average Bonchev–Trinajstić information content (AvgIpc) is 2.41. The molecule has 0 spiro atoms.